The van der Waals surface area contributed by atoms with Crippen LogP contribution in [0, 0.1) is 13.8 Å². The van der Waals surface area contributed by atoms with Crippen molar-refractivity contribution in [3.63, 3.8) is 0 Å². The molecule has 0 radical (unpaired) electrons. The van der Waals surface area contributed by atoms with E-state index in [1.54, 1.807) is 7.05 Å². The van der Waals surface area contributed by atoms with Gasteiger partial charge in [-0.3, -0.25) is 4.99 Å². The fourth-order valence-electron chi connectivity index (χ4n) is 2.22. The van der Waals surface area contributed by atoms with Gasteiger partial charge in [0.05, 0.1) is 12.8 Å². The first-order valence-corrected chi connectivity index (χ1v) is 9.68. The summed E-state index contributed by atoms with van der Waals surface area (Å²) in [7, 11) is 0.431. The molecule has 0 bridgehead atoms. The van der Waals surface area contributed by atoms with Crippen molar-refractivity contribution in [3.05, 3.63) is 29.3 Å². The van der Waals surface area contributed by atoms with Gasteiger partial charge in [0, 0.05) is 27.2 Å². The minimum Gasteiger partial charge on any atom is -0.492 e. The summed E-state index contributed by atoms with van der Waals surface area (Å²) in [6.45, 7) is 6.05. The molecule has 1 rings (SSSR count). The second kappa shape index (κ2) is 11.5. The van der Waals surface area contributed by atoms with E-state index in [1.807, 2.05) is 37.9 Å². The second-order valence-corrected chi connectivity index (χ2v) is 7.57. The third-order valence-corrected chi connectivity index (χ3v) is 3.96. The minimum absolute atomic E-state index is 0. The van der Waals surface area contributed by atoms with E-state index in [1.165, 1.54) is 11.1 Å². The molecular formula is C16H29IN4O3S. The Labute approximate surface area is 168 Å². The fraction of sp³-hybridized carbons (Fsp3) is 0.562. The Morgan fingerprint density at radius 1 is 1.20 bits per heavy atom. The molecule has 0 fully saturated rings. The fourth-order valence-corrected chi connectivity index (χ4v) is 2.69. The number of guanidine groups is 1. The number of ether oxygens (including phenoxy) is 1. The lowest BCUT2D eigenvalue weighted by Crippen LogP contribution is -2.43. The van der Waals surface area contributed by atoms with Gasteiger partial charge in [0.2, 0.25) is 10.0 Å². The highest BCUT2D eigenvalue weighted by Crippen LogP contribution is 2.15. The lowest BCUT2D eigenvalue weighted by Gasteiger charge is -2.22. The lowest BCUT2D eigenvalue weighted by molar-refractivity contribution is 0.281. The van der Waals surface area contributed by atoms with Crippen molar-refractivity contribution >= 4 is 40.0 Å². The van der Waals surface area contributed by atoms with Gasteiger partial charge in [0.15, 0.2) is 5.96 Å². The normalized spacial score (nSPS) is 11.6. The molecule has 144 valence electrons. The first kappa shape index (κ1) is 23.9. The van der Waals surface area contributed by atoms with Crippen LogP contribution in [0.15, 0.2) is 23.2 Å². The molecule has 1 aromatic carbocycles. The van der Waals surface area contributed by atoms with E-state index in [9.17, 15) is 8.42 Å². The van der Waals surface area contributed by atoms with Gasteiger partial charge < -0.3 is 15.0 Å². The van der Waals surface area contributed by atoms with Crippen LogP contribution in [0.2, 0.25) is 0 Å². The SMILES string of the molecule is CN=C(NCCNS(C)(=O)=O)N(C)CCOc1cc(C)cc(C)c1.I. The average molecular weight is 484 g/mol. The summed E-state index contributed by atoms with van der Waals surface area (Å²) in [5.74, 6) is 1.55. The molecule has 9 heteroatoms. The zero-order valence-electron chi connectivity index (χ0n) is 15.5. The Morgan fingerprint density at radius 3 is 2.32 bits per heavy atom. The minimum atomic E-state index is -3.16. The summed E-state index contributed by atoms with van der Waals surface area (Å²) in [4.78, 5) is 6.11. The quantitative estimate of drug-likeness (QED) is 0.252. The van der Waals surface area contributed by atoms with E-state index in [2.05, 4.69) is 21.1 Å². The van der Waals surface area contributed by atoms with Crippen LogP contribution < -0.4 is 14.8 Å². The third kappa shape index (κ3) is 10.5. The van der Waals surface area contributed by atoms with Crippen LogP contribution in [-0.2, 0) is 10.0 Å². The largest absolute Gasteiger partial charge is 0.492 e. The molecule has 0 saturated carbocycles. The van der Waals surface area contributed by atoms with Gasteiger partial charge in [0.25, 0.3) is 0 Å². The molecule has 7 nitrogen and oxygen atoms in total. The number of hydrogen-bond acceptors (Lipinski definition) is 4. The van der Waals surface area contributed by atoms with Gasteiger partial charge in [-0.15, -0.1) is 24.0 Å². The first-order valence-electron chi connectivity index (χ1n) is 7.79. The van der Waals surface area contributed by atoms with Crippen molar-refractivity contribution in [2.24, 2.45) is 4.99 Å². The molecule has 0 unspecified atom stereocenters. The highest BCUT2D eigenvalue weighted by atomic mass is 127. The predicted molar refractivity (Wildman–Crippen MR) is 114 cm³/mol. The van der Waals surface area contributed by atoms with E-state index >= 15 is 0 Å². The van der Waals surface area contributed by atoms with Crippen LogP contribution in [0.4, 0.5) is 0 Å². The summed E-state index contributed by atoms with van der Waals surface area (Å²) >= 11 is 0. The summed E-state index contributed by atoms with van der Waals surface area (Å²) in [5, 5.41) is 3.10. The lowest BCUT2D eigenvalue weighted by atomic mass is 10.1. The van der Waals surface area contributed by atoms with Gasteiger partial charge in [-0.05, 0) is 37.1 Å². The van der Waals surface area contributed by atoms with Gasteiger partial charge in [-0.2, -0.15) is 0 Å². The number of hydrogen-bond donors (Lipinski definition) is 2. The summed E-state index contributed by atoms with van der Waals surface area (Å²) in [6, 6.07) is 6.13. The van der Waals surface area contributed by atoms with Gasteiger partial charge in [-0.1, -0.05) is 6.07 Å². The van der Waals surface area contributed by atoms with Crippen LogP contribution in [0.3, 0.4) is 0 Å². The zero-order chi connectivity index (χ0) is 18.2. The van der Waals surface area contributed by atoms with Crippen molar-refractivity contribution in [1.82, 2.24) is 14.9 Å². The monoisotopic (exact) mass is 484 g/mol. The maximum absolute atomic E-state index is 11.0. The van der Waals surface area contributed by atoms with Crippen molar-refractivity contribution in [3.8, 4) is 5.75 Å². The van der Waals surface area contributed by atoms with E-state index in [0.29, 0.717) is 32.2 Å². The molecule has 0 aliphatic heterocycles. The molecule has 0 aliphatic rings. The van der Waals surface area contributed by atoms with Crippen LogP contribution in [0.25, 0.3) is 0 Å². The smallest absolute Gasteiger partial charge is 0.208 e. The molecule has 0 saturated heterocycles. The molecular weight excluding hydrogens is 455 g/mol. The molecule has 0 aliphatic carbocycles. The summed E-state index contributed by atoms with van der Waals surface area (Å²) in [6.07, 6.45) is 1.14. The number of aryl methyl sites for hydroxylation is 2. The predicted octanol–water partition coefficient (Wildman–Crippen LogP) is 1.36. The molecule has 1 aromatic rings. The van der Waals surface area contributed by atoms with Crippen LogP contribution in [-0.4, -0.2) is 65.9 Å². The Hall–Kier alpha value is -1.07. The Morgan fingerprint density at radius 2 is 1.80 bits per heavy atom. The number of rotatable bonds is 8. The Bertz CT molecular complexity index is 645. The molecule has 0 atom stereocenters. The van der Waals surface area contributed by atoms with E-state index in [4.69, 9.17) is 4.74 Å². The molecule has 2 N–H and O–H groups in total. The highest BCUT2D eigenvalue weighted by molar-refractivity contribution is 14.0. The molecule has 0 spiro atoms. The topological polar surface area (TPSA) is 83.0 Å². The van der Waals surface area contributed by atoms with Crippen molar-refractivity contribution in [1.29, 1.82) is 0 Å². The number of halogens is 1. The number of benzene rings is 1. The number of nitrogens with one attached hydrogen (secondary N) is 2. The highest BCUT2D eigenvalue weighted by Gasteiger charge is 2.06. The van der Waals surface area contributed by atoms with Crippen LogP contribution in [0.5, 0.6) is 5.75 Å². The van der Waals surface area contributed by atoms with E-state index in [0.717, 1.165) is 12.0 Å². The second-order valence-electron chi connectivity index (χ2n) is 5.73. The van der Waals surface area contributed by atoms with Gasteiger partial charge in [-0.25, -0.2) is 13.1 Å². The molecule has 0 amide bonds. The molecule has 25 heavy (non-hydrogen) atoms. The maximum Gasteiger partial charge on any atom is 0.208 e. The first-order chi connectivity index (χ1) is 11.2. The van der Waals surface area contributed by atoms with Crippen molar-refractivity contribution < 1.29 is 13.2 Å². The maximum atomic E-state index is 11.0. The van der Waals surface area contributed by atoms with E-state index < -0.39 is 10.0 Å². The Balaban J connectivity index is 0.00000576. The van der Waals surface area contributed by atoms with Crippen molar-refractivity contribution in [2.75, 3.05) is 46.6 Å². The number of aliphatic imine (C=N–C) groups is 1. The van der Waals surface area contributed by atoms with Gasteiger partial charge in [0.1, 0.15) is 12.4 Å². The summed E-state index contributed by atoms with van der Waals surface area (Å²) < 4.78 is 30.2. The average Bonchev–Trinajstić information content (AvgIpc) is 2.45. The van der Waals surface area contributed by atoms with E-state index in [-0.39, 0.29) is 24.0 Å². The number of nitrogens with zero attached hydrogens (tertiary/aromatic N) is 2. The molecule has 0 aromatic heterocycles. The standard InChI is InChI=1S/C16H28N4O3S.HI/c1-13-10-14(2)12-15(11-13)23-9-8-20(4)16(17-3)18-6-7-19-24(5,21)22;/h10-12,19H,6-9H2,1-5H3,(H,17,18);1H. The number of sulfonamides is 1. The van der Waals surface area contributed by atoms with Crippen LogP contribution >= 0.6 is 24.0 Å². The molecule has 0 heterocycles. The van der Waals surface area contributed by atoms with Gasteiger partial charge >= 0.3 is 0 Å². The number of likely N-dealkylation sites (N-methyl/N-ethyl adjacent to an activating group) is 1. The van der Waals surface area contributed by atoms with Crippen molar-refractivity contribution in [2.45, 2.75) is 13.8 Å². The summed E-state index contributed by atoms with van der Waals surface area (Å²) in [5.41, 5.74) is 2.35. The Kier molecular flexibility index (Phi) is 11.0. The van der Waals surface area contributed by atoms with Crippen LogP contribution in [0.1, 0.15) is 11.1 Å². The zero-order valence-corrected chi connectivity index (χ0v) is 18.6. The third-order valence-electron chi connectivity index (χ3n) is 3.24.